The van der Waals surface area contributed by atoms with Gasteiger partial charge in [-0.05, 0) is 24.1 Å². The minimum absolute atomic E-state index is 0.0222. The molecule has 0 bridgehead atoms. The molecule has 0 amide bonds. The van der Waals surface area contributed by atoms with Gasteiger partial charge in [0.1, 0.15) is 6.61 Å². The highest BCUT2D eigenvalue weighted by molar-refractivity contribution is 6.83. The lowest BCUT2D eigenvalue weighted by Gasteiger charge is -2.40. The van der Waals surface area contributed by atoms with Crippen molar-refractivity contribution in [2.45, 2.75) is 33.0 Å². The molecule has 4 heteroatoms. The van der Waals surface area contributed by atoms with Gasteiger partial charge in [0.15, 0.2) is 5.78 Å². The lowest BCUT2D eigenvalue weighted by Crippen LogP contribution is -2.43. The van der Waals surface area contributed by atoms with Crippen LogP contribution in [0.3, 0.4) is 0 Å². The second kappa shape index (κ2) is 6.67. The zero-order valence-electron chi connectivity index (χ0n) is 14.3. The first-order valence-corrected chi connectivity index (χ1v) is 11.4. The predicted octanol–water partition coefficient (Wildman–Crippen LogP) is 3.72. The highest BCUT2D eigenvalue weighted by Crippen LogP contribution is 2.41. The highest BCUT2D eigenvalue weighted by Gasteiger charge is 2.41. The van der Waals surface area contributed by atoms with Crippen LogP contribution in [0, 0.1) is 5.41 Å². The number of ether oxygens (including phenoxy) is 1. The van der Waals surface area contributed by atoms with E-state index in [2.05, 4.69) is 31.8 Å². The molecule has 0 radical (unpaired) electrons. The zero-order valence-corrected chi connectivity index (χ0v) is 15.3. The smallest absolute Gasteiger partial charge is 0.302 e. The van der Waals surface area contributed by atoms with E-state index in [1.807, 2.05) is 24.3 Å². The standard InChI is InChI=1S/C19H24O3Si/c1-15(20)22-14-19(13-16-8-6-5-7-9-16)11-10-17(21)12-18(19)23(2,3)4/h5-12H,13-14H2,1-4H3. The molecule has 0 saturated carbocycles. The van der Waals surface area contributed by atoms with Gasteiger partial charge in [-0.3, -0.25) is 9.59 Å². The first kappa shape index (κ1) is 17.4. The third-order valence-corrected chi connectivity index (χ3v) is 6.35. The molecule has 1 aliphatic rings. The average molecular weight is 328 g/mol. The Bertz CT molecular complexity index is 653. The summed E-state index contributed by atoms with van der Waals surface area (Å²) in [7, 11) is -1.76. The molecule has 1 aliphatic carbocycles. The van der Waals surface area contributed by atoms with Gasteiger partial charge in [-0.25, -0.2) is 0 Å². The quantitative estimate of drug-likeness (QED) is 0.611. The van der Waals surface area contributed by atoms with E-state index >= 15 is 0 Å². The van der Waals surface area contributed by atoms with Crippen LogP contribution in [0.2, 0.25) is 19.6 Å². The van der Waals surface area contributed by atoms with Crippen LogP contribution in [0.15, 0.2) is 53.8 Å². The highest BCUT2D eigenvalue weighted by atomic mass is 28.3. The van der Waals surface area contributed by atoms with Crippen molar-refractivity contribution in [3.05, 3.63) is 59.3 Å². The van der Waals surface area contributed by atoms with Gasteiger partial charge in [-0.2, -0.15) is 0 Å². The Balaban J connectivity index is 2.47. The minimum atomic E-state index is -1.76. The van der Waals surface area contributed by atoms with E-state index in [9.17, 15) is 9.59 Å². The maximum atomic E-state index is 11.9. The number of ketones is 1. The van der Waals surface area contributed by atoms with Gasteiger partial charge in [0, 0.05) is 12.3 Å². The Labute approximate surface area is 139 Å². The van der Waals surface area contributed by atoms with E-state index in [4.69, 9.17) is 4.74 Å². The molecule has 0 heterocycles. The van der Waals surface area contributed by atoms with E-state index in [1.54, 1.807) is 12.2 Å². The van der Waals surface area contributed by atoms with Crippen LogP contribution in [-0.2, 0) is 20.7 Å². The topological polar surface area (TPSA) is 43.4 Å². The Morgan fingerprint density at radius 3 is 2.39 bits per heavy atom. The van der Waals surface area contributed by atoms with Gasteiger partial charge in [0.05, 0.1) is 8.07 Å². The molecular weight excluding hydrogens is 304 g/mol. The monoisotopic (exact) mass is 328 g/mol. The van der Waals surface area contributed by atoms with Crippen molar-refractivity contribution in [1.82, 2.24) is 0 Å². The molecular formula is C19H24O3Si. The second-order valence-electron chi connectivity index (χ2n) is 7.14. The number of allylic oxidation sites excluding steroid dienone is 2. The molecule has 0 fully saturated rings. The normalized spacial score (nSPS) is 21.0. The van der Waals surface area contributed by atoms with Crippen molar-refractivity contribution < 1.29 is 14.3 Å². The van der Waals surface area contributed by atoms with Crippen LogP contribution in [0.5, 0.6) is 0 Å². The van der Waals surface area contributed by atoms with Gasteiger partial charge in [-0.1, -0.05) is 61.2 Å². The summed E-state index contributed by atoms with van der Waals surface area (Å²) >= 11 is 0. The molecule has 122 valence electrons. The lowest BCUT2D eigenvalue weighted by atomic mass is 9.78. The van der Waals surface area contributed by atoms with Gasteiger partial charge in [0.25, 0.3) is 0 Å². The number of carbonyl (C=O) groups is 2. The van der Waals surface area contributed by atoms with Gasteiger partial charge in [0.2, 0.25) is 0 Å². The lowest BCUT2D eigenvalue weighted by molar-refractivity contribution is -0.143. The van der Waals surface area contributed by atoms with Crippen molar-refractivity contribution in [3.63, 3.8) is 0 Å². The molecule has 0 aromatic heterocycles. The average Bonchev–Trinajstić information content (AvgIpc) is 2.47. The Kier molecular flexibility index (Phi) is 5.05. The van der Waals surface area contributed by atoms with Crippen LogP contribution in [0.25, 0.3) is 0 Å². The summed E-state index contributed by atoms with van der Waals surface area (Å²) in [5.74, 6) is -0.272. The molecule has 0 spiro atoms. The van der Waals surface area contributed by atoms with Crippen LogP contribution in [0.1, 0.15) is 12.5 Å². The van der Waals surface area contributed by atoms with Gasteiger partial charge in [-0.15, -0.1) is 0 Å². The van der Waals surface area contributed by atoms with E-state index in [0.29, 0.717) is 0 Å². The van der Waals surface area contributed by atoms with Crippen molar-refractivity contribution in [2.75, 3.05) is 6.61 Å². The molecule has 0 saturated heterocycles. The number of hydrogen-bond donors (Lipinski definition) is 0. The Hall–Kier alpha value is -1.94. The number of hydrogen-bond acceptors (Lipinski definition) is 3. The molecule has 23 heavy (non-hydrogen) atoms. The van der Waals surface area contributed by atoms with E-state index < -0.39 is 13.5 Å². The first-order chi connectivity index (χ1) is 10.7. The third kappa shape index (κ3) is 4.29. The summed E-state index contributed by atoms with van der Waals surface area (Å²) in [6.07, 6.45) is 6.04. The number of rotatable bonds is 5. The second-order valence-corrected chi connectivity index (χ2v) is 12.2. The zero-order chi connectivity index (χ0) is 17.1. The summed E-state index contributed by atoms with van der Waals surface area (Å²) in [6.45, 7) is 8.36. The van der Waals surface area contributed by atoms with E-state index in [0.717, 1.165) is 11.6 Å². The first-order valence-electron chi connectivity index (χ1n) is 7.86. The molecule has 2 rings (SSSR count). The molecule has 0 N–H and O–H groups in total. The molecule has 1 aromatic rings. The van der Waals surface area contributed by atoms with Gasteiger partial charge < -0.3 is 4.74 Å². The molecule has 1 atom stereocenters. The van der Waals surface area contributed by atoms with Crippen LogP contribution in [-0.4, -0.2) is 26.4 Å². The fourth-order valence-electron chi connectivity index (χ4n) is 3.15. The summed E-state index contributed by atoms with van der Waals surface area (Å²) < 4.78 is 5.40. The van der Waals surface area contributed by atoms with Crippen LogP contribution < -0.4 is 0 Å². The van der Waals surface area contributed by atoms with Crippen molar-refractivity contribution in [3.8, 4) is 0 Å². The fraction of sp³-hybridized carbons (Fsp3) is 0.368. The SMILES string of the molecule is CC(=O)OCC1(Cc2ccccc2)C=CC(=O)C=C1[Si](C)(C)C. The number of carbonyl (C=O) groups excluding carboxylic acids is 2. The van der Waals surface area contributed by atoms with Crippen molar-refractivity contribution in [2.24, 2.45) is 5.41 Å². The van der Waals surface area contributed by atoms with Crippen molar-refractivity contribution >= 4 is 19.8 Å². The number of benzene rings is 1. The summed E-state index contributed by atoms with van der Waals surface area (Å²) in [5, 5.41) is 1.14. The Morgan fingerprint density at radius 2 is 1.83 bits per heavy atom. The van der Waals surface area contributed by atoms with E-state index in [-0.39, 0.29) is 18.4 Å². The van der Waals surface area contributed by atoms with Crippen LogP contribution in [0.4, 0.5) is 0 Å². The van der Waals surface area contributed by atoms with Crippen molar-refractivity contribution in [1.29, 1.82) is 0 Å². The Morgan fingerprint density at radius 1 is 1.17 bits per heavy atom. The molecule has 1 unspecified atom stereocenters. The minimum Gasteiger partial charge on any atom is -0.465 e. The third-order valence-electron chi connectivity index (χ3n) is 4.09. The molecule has 0 aliphatic heterocycles. The fourth-order valence-corrected chi connectivity index (χ4v) is 5.46. The summed E-state index contributed by atoms with van der Waals surface area (Å²) in [4.78, 5) is 23.3. The molecule has 3 nitrogen and oxygen atoms in total. The molecule has 1 aromatic carbocycles. The largest absolute Gasteiger partial charge is 0.465 e. The maximum Gasteiger partial charge on any atom is 0.302 e. The maximum absolute atomic E-state index is 11.9. The van der Waals surface area contributed by atoms with E-state index in [1.165, 1.54) is 12.5 Å². The summed E-state index contributed by atoms with van der Waals surface area (Å²) in [5.41, 5.74) is 0.744. The van der Waals surface area contributed by atoms with Crippen LogP contribution >= 0.6 is 0 Å². The predicted molar refractivity (Wildman–Crippen MR) is 94.8 cm³/mol. The summed E-state index contributed by atoms with van der Waals surface area (Å²) in [6, 6.07) is 10.1. The number of esters is 1. The van der Waals surface area contributed by atoms with Gasteiger partial charge >= 0.3 is 5.97 Å².